The van der Waals surface area contributed by atoms with E-state index in [2.05, 4.69) is 68.5 Å². The van der Waals surface area contributed by atoms with Gasteiger partial charge in [0.25, 0.3) is 0 Å². The van der Waals surface area contributed by atoms with Gasteiger partial charge >= 0.3 is 0 Å². The first kappa shape index (κ1) is 23.3. The summed E-state index contributed by atoms with van der Waals surface area (Å²) in [5.74, 6) is 2.69. The lowest BCUT2D eigenvalue weighted by Gasteiger charge is -2.29. The molecule has 1 unspecified atom stereocenters. The maximum absolute atomic E-state index is 2.51. The maximum Gasteiger partial charge on any atom is -0.0162 e. The third-order valence-electron chi connectivity index (χ3n) is 8.25. The summed E-state index contributed by atoms with van der Waals surface area (Å²) >= 11 is 0. The first-order chi connectivity index (χ1) is 15.8. The molecule has 0 saturated heterocycles. The van der Waals surface area contributed by atoms with Gasteiger partial charge in [-0.1, -0.05) is 107 Å². The monoisotopic (exact) mass is 428 g/mol. The van der Waals surface area contributed by atoms with Crippen molar-refractivity contribution < 1.29 is 0 Å². The van der Waals surface area contributed by atoms with Gasteiger partial charge in [-0.05, 0) is 90.5 Å². The van der Waals surface area contributed by atoms with Gasteiger partial charge in [0, 0.05) is 0 Å². The van der Waals surface area contributed by atoms with Crippen LogP contribution in [0.5, 0.6) is 0 Å². The lowest BCUT2D eigenvalue weighted by molar-refractivity contribution is 0.303. The van der Waals surface area contributed by atoms with E-state index in [0.717, 1.165) is 17.8 Å². The summed E-state index contributed by atoms with van der Waals surface area (Å²) in [6.45, 7) is 4.62. The minimum atomic E-state index is 0.781. The van der Waals surface area contributed by atoms with Crippen LogP contribution in [0.15, 0.2) is 54.6 Å². The van der Waals surface area contributed by atoms with Crippen LogP contribution < -0.4 is 0 Å². The number of rotatable bonds is 9. The Hall–Kier alpha value is -1.82. The molecule has 0 aliphatic heterocycles. The minimum absolute atomic E-state index is 0.781. The Kier molecular flexibility index (Phi) is 8.66. The third-order valence-corrected chi connectivity index (χ3v) is 8.25. The Labute approximate surface area is 197 Å². The first-order valence-corrected chi connectivity index (χ1v) is 13.7. The van der Waals surface area contributed by atoms with Crippen LogP contribution in [-0.4, -0.2) is 0 Å². The van der Waals surface area contributed by atoms with Gasteiger partial charge in [0.2, 0.25) is 0 Å². The Morgan fingerprint density at radius 2 is 1.28 bits per heavy atom. The zero-order chi connectivity index (χ0) is 22.2. The molecule has 4 rings (SSSR count). The van der Waals surface area contributed by atoms with Crippen LogP contribution in [0.3, 0.4) is 0 Å². The van der Waals surface area contributed by atoms with Gasteiger partial charge in [0.1, 0.15) is 0 Å². The van der Waals surface area contributed by atoms with Gasteiger partial charge in [0.05, 0.1) is 0 Å². The molecule has 0 aromatic heterocycles. The predicted octanol–water partition coefficient (Wildman–Crippen LogP) is 10.2. The van der Waals surface area contributed by atoms with Crippen LogP contribution >= 0.6 is 0 Å². The highest BCUT2D eigenvalue weighted by molar-refractivity contribution is 5.71. The molecule has 32 heavy (non-hydrogen) atoms. The molecule has 2 aliphatic carbocycles. The van der Waals surface area contributed by atoms with E-state index in [-0.39, 0.29) is 0 Å². The summed E-state index contributed by atoms with van der Waals surface area (Å²) in [6, 6.07) is 18.9. The van der Waals surface area contributed by atoms with E-state index >= 15 is 0 Å². The molecule has 2 aromatic carbocycles. The topological polar surface area (TPSA) is 0 Å². The van der Waals surface area contributed by atoms with E-state index in [0.29, 0.717) is 0 Å². The highest BCUT2D eigenvalue weighted by atomic mass is 14.3. The normalized spacial score (nSPS) is 23.7. The molecule has 0 bridgehead atoms. The van der Waals surface area contributed by atoms with Crippen molar-refractivity contribution in [2.45, 2.75) is 103 Å². The van der Waals surface area contributed by atoms with Crippen molar-refractivity contribution in [1.29, 1.82) is 0 Å². The van der Waals surface area contributed by atoms with Crippen LogP contribution in [-0.2, 0) is 0 Å². The second kappa shape index (κ2) is 11.9. The molecule has 2 aliphatic rings. The standard InChI is InChI=1S/C32H44/c1-3-5-6-8-26-11-15-28(16-12-26)30-19-23-32(24-20-30)31-21-17-29(18-22-31)27-13-9-25(7-4-2)10-14-27/h13,17-26,28H,3-12,14-16H2,1-2H3. The van der Waals surface area contributed by atoms with Crippen LogP contribution in [0.1, 0.15) is 114 Å². The summed E-state index contributed by atoms with van der Waals surface area (Å²) in [5.41, 5.74) is 7.25. The number of benzene rings is 2. The molecule has 0 heteroatoms. The van der Waals surface area contributed by atoms with Gasteiger partial charge in [0.15, 0.2) is 0 Å². The molecule has 1 fully saturated rings. The Morgan fingerprint density at radius 3 is 1.88 bits per heavy atom. The summed E-state index contributed by atoms with van der Waals surface area (Å²) in [4.78, 5) is 0. The SMILES string of the molecule is CCCCCC1CCC(c2ccc(-c3ccc(C4=CCC(CCC)CC4)cc3)cc2)CC1. The van der Waals surface area contributed by atoms with Crippen molar-refractivity contribution in [2.24, 2.45) is 11.8 Å². The molecule has 0 spiro atoms. The van der Waals surface area contributed by atoms with Crippen molar-refractivity contribution in [3.63, 3.8) is 0 Å². The van der Waals surface area contributed by atoms with Crippen molar-refractivity contribution in [2.75, 3.05) is 0 Å². The molecular weight excluding hydrogens is 384 g/mol. The summed E-state index contributed by atoms with van der Waals surface area (Å²) in [5, 5.41) is 0. The summed E-state index contributed by atoms with van der Waals surface area (Å²) in [7, 11) is 0. The van der Waals surface area contributed by atoms with E-state index in [4.69, 9.17) is 0 Å². The Bertz CT molecular complexity index is 831. The van der Waals surface area contributed by atoms with Gasteiger partial charge in [-0.25, -0.2) is 0 Å². The Morgan fingerprint density at radius 1 is 0.625 bits per heavy atom. The molecule has 0 heterocycles. The molecule has 2 aromatic rings. The van der Waals surface area contributed by atoms with Gasteiger partial charge in [-0.2, -0.15) is 0 Å². The lowest BCUT2D eigenvalue weighted by atomic mass is 9.77. The van der Waals surface area contributed by atoms with Crippen LogP contribution in [0.25, 0.3) is 16.7 Å². The quantitative estimate of drug-likeness (QED) is 0.348. The van der Waals surface area contributed by atoms with E-state index in [1.807, 2.05) is 0 Å². The maximum atomic E-state index is 2.51. The van der Waals surface area contributed by atoms with Gasteiger partial charge < -0.3 is 0 Å². The predicted molar refractivity (Wildman–Crippen MR) is 141 cm³/mol. The molecule has 172 valence electrons. The molecule has 1 saturated carbocycles. The second-order valence-corrected chi connectivity index (χ2v) is 10.6. The fourth-order valence-electron chi connectivity index (χ4n) is 6.11. The smallest absolute Gasteiger partial charge is 0.0162 e. The zero-order valence-corrected chi connectivity index (χ0v) is 20.6. The second-order valence-electron chi connectivity index (χ2n) is 10.6. The largest absolute Gasteiger partial charge is 0.0804 e. The average Bonchev–Trinajstić information content (AvgIpc) is 2.86. The van der Waals surface area contributed by atoms with Crippen LogP contribution in [0.4, 0.5) is 0 Å². The molecule has 1 atom stereocenters. The van der Waals surface area contributed by atoms with Crippen molar-refractivity contribution in [3.05, 3.63) is 65.7 Å². The molecular formula is C32H44. The van der Waals surface area contributed by atoms with Crippen molar-refractivity contribution in [1.82, 2.24) is 0 Å². The molecule has 0 radical (unpaired) electrons. The van der Waals surface area contributed by atoms with Crippen LogP contribution in [0, 0.1) is 11.8 Å². The van der Waals surface area contributed by atoms with Gasteiger partial charge in [-0.3, -0.25) is 0 Å². The average molecular weight is 429 g/mol. The van der Waals surface area contributed by atoms with E-state index in [1.54, 1.807) is 11.1 Å². The summed E-state index contributed by atoms with van der Waals surface area (Å²) < 4.78 is 0. The molecule has 0 N–H and O–H groups in total. The zero-order valence-electron chi connectivity index (χ0n) is 20.6. The lowest BCUT2D eigenvalue weighted by Crippen LogP contribution is -2.13. The number of allylic oxidation sites excluding steroid dienone is 2. The molecule has 0 nitrogen and oxygen atoms in total. The fraction of sp³-hybridized carbons (Fsp3) is 0.562. The van der Waals surface area contributed by atoms with Crippen molar-refractivity contribution in [3.8, 4) is 11.1 Å². The highest BCUT2D eigenvalue weighted by Gasteiger charge is 2.22. The highest BCUT2D eigenvalue weighted by Crippen LogP contribution is 2.38. The fourth-order valence-corrected chi connectivity index (χ4v) is 6.11. The number of unbranched alkanes of at least 4 members (excludes halogenated alkanes) is 2. The summed E-state index contributed by atoms with van der Waals surface area (Å²) in [6.07, 6.45) is 20.4. The van der Waals surface area contributed by atoms with Crippen LogP contribution in [0.2, 0.25) is 0 Å². The molecule has 0 amide bonds. The van der Waals surface area contributed by atoms with Gasteiger partial charge in [-0.15, -0.1) is 0 Å². The Balaban J connectivity index is 1.32. The van der Waals surface area contributed by atoms with Crippen molar-refractivity contribution >= 4 is 5.57 Å². The minimum Gasteiger partial charge on any atom is -0.0804 e. The number of hydrogen-bond donors (Lipinski definition) is 0. The first-order valence-electron chi connectivity index (χ1n) is 13.7. The van der Waals surface area contributed by atoms with E-state index in [1.165, 1.54) is 100 Å². The number of hydrogen-bond acceptors (Lipinski definition) is 0. The van der Waals surface area contributed by atoms with E-state index < -0.39 is 0 Å². The third kappa shape index (κ3) is 6.15. The van der Waals surface area contributed by atoms with E-state index in [9.17, 15) is 0 Å².